The Morgan fingerprint density at radius 3 is 2.35 bits per heavy atom. The lowest BCUT2D eigenvalue weighted by Gasteiger charge is -2.12. The molecule has 0 aromatic heterocycles. The van der Waals surface area contributed by atoms with Crippen molar-refractivity contribution >= 4 is 27.1 Å². The molecule has 2 rings (SSSR count). The first-order chi connectivity index (χ1) is 11.9. The van der Waals surface area contributed by atoms with Crippen LogP contribution >= 0.6 is 11.6 Å². The molecule has 0 fully saturated rings. The quantitative estimate of drug-likeness (QED) is 0.532. The molecule has 0 saturated carbocycles. The van der Waals surface area contributed by atoms with Crippen LogP contribution in [0.4, 0.5) is 18.9 Å². The summed E-state index contributed by atoms with van der Waals surface area (Å²) in [6.45, 7) is 0. The molecule has 140 valence electrons. The van der Waals surface area contributed by atoms with E-state index in [-0.39, 0.29) is 22.1 Å². The fourth-order valence-corrected chi connectivity index (χ4v) is 3.10. The van der Waals surface area contributed by atoms with Gasteiger partial charge in [-0.2, -0.15) is 13.2 Å². The highest BCUT2D eigenvalue weighted by Gasteiger charge is 2.31. The monoisotopic (exact) mass is 409 g/mol. The lowest BCUT2D eigenvalue weighted by Crippen LogP contribution is -2.05. The summed E-state index contributed by atoms with van der Waals surface area (Å²) >= 11 is 5.78. The molecule has 0 atom stereocenters. The highest BCUT2D eigenvalue weighted by Crippen LogP contribution is 2.37. The fraction of sp³-hybridized carbons (Fsp3) is 0.200. The first-order valence-corrected chi connectivity index (χ1v) is 9.30. The number of sulfone groups is 1. The first-order valence-electron chi connectivity index (χ1n) is 6.86. The van der Waals surface area contributed by atoms with Crippen molar-refractivity contribution in [2.75, 3.05) is 6.26 Å². The molecule has 26 heavy (non-hydrogen) atoms. The van der Waals surface area contributed by atoms with Crippen molar-refractivity contribution in [2.45, 2.75) is 11.9 Å². The smallest absolute Gasteiger partial charge is 0.416 e. The van der Waals surface area contributed by atoms with E-state index in [0.29, 0.717) is 6.07 Å². The van der Waals surface area contributed by atoms with Crippen molar-refractivity contribution in [3.63, 3.8) is 0 Å². The highest BCUT2D eigenvalue weighted by atomic mass is 35.5. The molecule has 0 saturated heterocycles. The largest absolute Gasteiger partial charge is 0.456 e. The normalized spacial score (nSPS) is 12.0. The van der Waals surface area contributed by atoms with Gasteiger partial charge in [0.05, 0.1) is 21.3 Å². The van der Waals surface area contributed by atoms with Crippen molar-refractivity contribution in [2.24, 2.45) is 0 Å². The van der Waals surface area contributed by atoms with Gasteiger partial charge in [0, 0.05) is 17.9 Å². The maximum Gasteiger partial charge on any atom is 0.416 e. The van der Waals surface area contributed by atoms with Crippen LogP contribution in [-0.4, -0.2) is 19.6 Å². The third-order valence-electron chi connectivity index (χ3n) is 3.15. The molecule has 2 aromatic rings. The number of nitro groups is 1. The number of halogens is 4. The number of hydrogen-bond acceptors (Lipinski definition) is 5. The second-order valence-corrected chi connectivity index (χ2v) is 7.91. The predicted octanol–water partition coefficient (Wildman–Crippen LogP) is 4.60. The number of nitro benzene ring substituents is 1. The minimum Gasteiger partial charge on any atom is -0.456 e. The number of hydrogen-bond donors (Lipinski definition) is 0. The summed E-state index contributed by atoms with van der Waals surface area (Å²) in [5.41, 5.74) is -1.49. The van der Waals surface area contributed by atoms with E-state index < -0.39 is 37.9 Å². The van der Waals surface area contributed by atoms with Crippen molar-refractivity contribution in [3.05, 3.63) is 62.7 Å². The Kier molecular flexibility index (Phi) is 5.47. The first kappa shape index (κ1) is 20.0. The standard InChI is InChI=1S/C15H11ClF3NO5S/c1-26(23,24)8-9-6-11(3-4-13(9)20(21)22)25-14-5-2-10(7-12(14)16)15(17,18)19/h2-7H,8H2,1H3. The van der Waals surface area contributed by atoms with Gasteiger partial charge in [-0.1, -0.05) is 11.6 Å². The summed E-state index contributed by atoms with van der Waals surface area (Å²) in [7, 11) is -3.56. The molecule has 0 amide bonds. The molecular formula is C15H11ClF3NO5S. The number of ether oxygens (including phenoxy) is 1. The molecule has 0 bridgehead atoms. The molecule has 0 aliphatic carbocycles. The Morgan fingerprint density at radius 1 is 1.19 bits per heavy atom. The van der Waals surface area contributed by atoms with Gasteiger partial charge in [-0.3, -0.25) is 10.1 Å². The number of rotatable bonds is 5. The topological polar surface area (TPSA) is 86.5 Å². The summed E-state index contributed by atoms with van der Waals surface area (Å²) in [4.78, 5) is 10.3. The van der Waals surface area contributed by atoms with E-state index >= 15 is 0 Å². The zero-order valence-corrected chi connectivity index (χ0v) is 14.7. The molecule has 0 unspecified atom stereocenters. The Bertz CT molecular complexity index is 960. The molecule has 0 aliphatic heterocycles. The van der Waals surface area contributed by atoms with Crippen molar-refractivity contribution in [1.29, 1.82) is 0 Å². The van der Waals surface area contributed by atoms with E-state index in [1.807, 2.05) is 0 Å². The Balaban J connectivity index is 2.38. The van der Waals surface area contributed by atoms with Crippen LogP contribution < -0.4 is 4.74 Å². The molecule has 11 heteroatoms. The van der Waals surface area contributed by atoms with Crippen molar-refractivity contribution in [3.8, 4) is 11.5 Å². The molecule has 2 aromatic carbocycles. The zero-order chi connectivity index (χ0) is 19.7. The molecule has 0 radical (unpaired) electrons. The van der Waals surface area contributed by atoms with E-state index in [9.17, 15) is 31.7 Å². The molecule has 0 spiro atoms. The van der Waals surface area contributed by atoms with Crippen LogP contribution in [0.3, 0.4) is 0 Å². The maximum absolute atomic E-state index is 12.6. The third kappa shape index (κ3) is 5.09. The van der Waals surface area contributed by atoms with E-state index in [0.717, 1.165) is 30.5 Å². The number of nitrogens with zero attached hydrogens (tertiary/aromatic N) is 1. The van der Waals surface area contributed by atoms with Gasteiger partial charge in [-0.05, 0) is 30.3 Å². The van der Waals surface area contributed by atoms with Crippen LogP contribution in [0.5, 0.6) is 11.5 Å². The SMILES string of the molecule is CS(=O)(=O)Cc1cc(Oc2ccc(C(F)(F)F)cc2Cl)ccc1[N+](=O)[O-]. The van der Waals surface area contributed by atoms with Gasteiger partial charge in [0.15, 0.2) is 9.84 Å². The molecule has 0 aliphatic rings. The van der Waals surface area contributed by atoms with Crippen LogP contribution in [0.2, 0.25) is 5.02 Å². The minimum atomic E-state index is -4.57. The fourth-order valence-electron chi connectivity index (χ4n) is 2.09. The van der Waals surface area contributed by atoms with Crippen LogP contribution in [0.1, 0.15) is 11.1 Å². The van der Waals surface area contributed by atoms with Gasteiger partial charge < -0.3 is 4.74 Å². The Hall–Kier alpha value is -2.33. The zero-order valence-electron chi connectivity index (χ0n) is 13.1. The maximum atomic E-state index is 12.6. The third-order valence-corrected chi connectivity index (χ3v) is 4.28. The van der Waals surface area contributed by atoms with Gasteiger partial charge >= 0.3 is 6.18 Å². The van der Waals surface area contributed by atoms with Crippen LogP contribution in [-0.2, 0) is 21.8 Å². The lowest BCUT2D eigenvalue weighted by atomic mass is 10.2. The molecule has 0 heterocycles. The average molecular weight is 410 g/mol. The second kappa shape index (κ2) is 7.12. The highest BCUT2D eigenvalue weighted by molar-refractivity contribution is 7.89. The van der Waals surface area contributed by atoms with Gasteiger partial charge in [0.2, 0.25) is 0 Å². The lowest BCUT2D eigenvalue weighted by molar-refractivity contribution is -0.385. The van der Waals surface area contributed by atoms with E-state index in [2.05, 4.69) is 0 Å². The van der Waals surface area contributed by atoms with Crippen molar-refractivity contribution in [1.82, 2.24) is 0 Å². The van der Waals surface area contributed by atoms with Gasteiger partial charge in [-0.25, -0.2) is 8.42 Å². The summed E-state index contributed by atoms with van der Waals surface area (Å²) < 4.78 is 66.1. The van der Waals surface area contributed by atoms with E-state index in [4.69, 9.17) is 16.3 Å². The van der Waals surface area contributed by atoms with Crippen LogP contribution in [0, 0.1) is 10.1 Å². The average Bonchev–Trinajstić information content (AvgIpc) is 2.46. The molecule has 0 N–H and O–H groups in total. The minimum absolute atomic E-state index is 0.00379. The van der Waals surface area contributed by atoms with E-state index in [1.165, 1.54) is 6.07 Å². The Labute approximate surface area is 151 Å². The van der Waals surface area contributed by atoms with Gasteiger partial charge in [0.1, 0.15) is 11.5 Å². The van der Waals surface area contributed by atoms with Crippen LogP contribution in [0.25, 0.3) is 0 Å². The summed E-state index contributed by atoms with van der Waals surface area (Å²) in [5, 5.41) is 10.7. The predicted molar refractivity (Wildman–Crippen MR) is 88.2 cm³/mol. The van der Waals surface area contributed by atoms with Crippen LogP contribution in [0.15, 0.2) is 36.4 Å². The Morgan fingerprint density at radius 2 is 1.85 bits per heavy atom. The number of alkyl halides is 3. The summed E-state index contributed by atoms with van der Waals surface area (Å²) in [6, 6.07) is 5.82. The second-order valence-electron chi connectivity index (χ2n) is 5.36. The van der Waals surface area contributed by atoms with Gasteiger partial charge in [0.25, 0.3) is 5.69 Å². The number of benzene rings is 2. The summed E-state index contributed by atoms with van der Waals surface area (Å²) in [5.74, 6) is -0.712. The molecular weight excluding hydrogens is 399 g/mol. The van der Waals surface area contributed by atoms with Crippen molar-refractivity contribution < 1.29 is 31.2 Å². The van der Waals surface area contributed by atoms with E-state index in [1.54, 1.807) is 0 Å². The molecule has 6 nitrogen and oxygen atoms in total. The summed E-state index contributed by atoms with van der Waals surface area (Å²) in [6.07, 6.45) is -3.66. The van der Waals surface area contributed by atoms with Gasteiger partial charge in [-0.15, -0.1) is 0 Å².